The van der Waals surface area contributed by atoms with Crippen LogP contribution < -0.4 is 52.6 Å². The second-order valence-corrected chi connectivity index (χ2v) is 33.9. The van der Waals surface area contributed by atoms with Gasteiger partial charge in [-0.05, 0) is 256 Å². The van der Waals surface area contributed by atoms with Crippen LogP contribution in [0.3, 0.4) is 0 Å². The zero-order valence-corrected chi connectivity index (χ0v) is 71.9. The zero-order valence-electron chi connectivity index (χ0n) is 69.7. The lowest BCUT2D eigenvalue weighted by Crippen LogP contribution is -3.00. The van der Waals surface area contributed by atoms with Crippen LogP contribution in [0.25, 0.3) is 0 Å². The summed E-state index contributed by atoms with van der Waals surface area (Å²) in [5, 5.41) is 0. The number of nitrogens with zero attached hydrogens (tertiary/aromatic N) is 5. The fraction of sp³-hybridized carbons (Fsp3) is 0.604. The molecule has 0 aliphatic carbocycles. The first-order chi connectivity index (χ1) is 53.2. The number of nitrogens with two attached hydrogens (primary N) is 5. The summed E-state index contributed by atoms with van der Waals surface area (Å²) >= 11 is 0. The molecule has 5 aliphatic heterocycles. The molecule has 0 unspecified atom stereocenters. The van der Waals surface area contributed by atoms with Gasteiger partial charge in [-0.3, -0.25) is 24.1 Å². The van der Waals surface area contributed by atoms with Crippen molar-refractivity contribution in [3.8, 4) is 0 Å². The van der Waals surface area contributed by atoms with E-state index >= 15 is 0 Å². The number of esters is 3. The van der Waals surface area contributed by atoms with Crippen LogP contribution in [0.5, 0.6) is 0 Å². The van der Waals surface area contributed by atoms with Crippen molar-refractivity contribution in [2.75, 3.05) is 140 Å². The molecule has 21 heteroatoms. The number of aryl methyl sites for hydroxylation is 5. The standard InChI is InChI=1S/C21H32N2O4.C19H28N2O3.C18H28N2O.C17H26N2O2.C16H27N2.HI/c1-20(2,3)27-19(25)23-13-11-21(15-22,12-14-23)10-9-16-5-7-17(8-6-16)18(24)26-4;1-24-18(23)8-7-17(22)21-13-11-19(15-20,12-14-21)10-9-16-5-3-2-4-6-16;1-2-6-17(21)20-13-11-18(15-19,12-14-20)10-9-16-7-4-3-5-8-16;1-21-16(20)13-19-11-9-17(14-18,10-12-19)8-7-15-5-3-2-4-6-15;1-18(2)12-10-16(14-17,11-13-18)9-8-15-6-4-3-5-7-15;/h5-8H,9-15,22H2,1-4H3;2-6H,7-15,20H2,1H3;3-5,7-8H,2,6,9-15,19H2,1H3;2-6H,7-14,18H2,1H3;3-7H,8-14,17H2,1-2H3;1H/q;;;;+1;/p-1. The highest BCUT2D eigenvalue weighted by Gasteiger charge is 2.40. The monoisotopic (exact) mass is 1660 g/mol. The molecule has 5 saturated heterocycles. The first-order valence-corrected chi connectivity index (χ1v) is 41.2. The quantitative estimate of drug-likeness (QED) is 0.0135. The van der Waals surface area contributed by atoms with E-state index in [4.69, 9.17) is 42.9 Å². The van der Waals surface area contributed by atoms with Gasteiger partial charge < -0.3 is 90.8 Å². The minimum atomic E-state index is -0.476. The first-order valence-electron chi connectivity index (χ1n) is 41.2. The predicted molar refractivity (Wildman–Crippen MR) is 446 cm³/mol. The number of benzene rings is 5. The van der Waals surface area contributed by atoms with Gasteiger partial charge >= 0.3 is 24.0 Å². The molecule has 112 heavy (non-hydrogen) atoms. The van der Waals surface area contributed by atoms with Crippen molar-refractivity contribution in [2.24, 2.45) is 55.7 Å². The number of hydrogen-bond donors (Lipinski definition) is 5. The second-order valence-electron chi connectivity index (χ2n) is 33.9. The minimum absolute atomic E-state index is 0. The molecular weight excluding hydrogens is 1520 g/mol. The minimum Gasteiger partial charge on any atom is -1.00 e. The molecule has 5 aromatic carbocycles. The number of piperidine rings is 5. The maximum Gasteiger partial charge on any atom is 0.410 e. The van der Waals surface area contributed by atoms with E-state index in [1.165, 1.54) is 87.9 Å². The van der Waals surface area contributed by atoms with Gasteiger partial charge in [0, 0.05) is 65.0 Å². The molecule has 0 atom stereocenters. The summed E-state index contributed by atoms with van der Waals surface area (Å²) in [4.78, 5) is 78.2. The van der Waals surface area contributed by atoms with E-state index in [1.54, 1.807) is 17.0 Å². The van der Waals surface area contributed by atoms with Crippen molar-refractivity contribution in [3.05, 3.63) is 179 Å². The third-order valence-electron chi connectivity index (χ3n) is 24.7. The van der Waals surface area contributed by atoms with Gasteiger partial charge in [0.25, 0.3) is 0 Å². The number of amides is 3. The van der Waals surface area contributed by atoms with Crippen molar-refractivity contribution in [1.29, 1.82) is 0 Å². The molecule has 0 aromatic heterocycles. The van der Waals surface area contributed by atoms with Crippen molar-refractivity contribution < 1.29 is 76.2 Å². The molecule has 10 N–H and O–H groups in total. The Kier molecular flexibility index (Phi) is 41.5. The van der Waals surface area contributed by atoms with Crippen molar-refractivity contribution in [1.82, 2.24) is 19.6 Å². The van der Waals surface area contributed by atoms with Crippen LogP contribution in [0.4, 0.5) is 4.79 Å². The van der Waals surface area contributed by atoms with Crippen molar-refractivity contribution in [3.63, 3.8) is 0 Å². The highest BCUT2D eigenvalue weighted by Crippen LogP contribution is 2.41. The van der Waals surface area contributed by atoms with Gasteiger partial charge in [0.15, 0.2) is 0 Å². The number of quaternary nitrogens is 1. The number of halogens is 1. The molecule has 10 rings (SSSR count). The predicted octanol–water partition coefficient (Wildman–Crippen LogP) is 9.78. The van der Waals surface area contributed by atoms with Crippen molar-refractivity contribution >= 4 is 35.8 Å². The van der Waals surface area contributed by atoms with E-state index in [0.29, 0.717) is 56.0 Å². The number of rotatable bonds is 28. The fourth-order valence-corrected chi connectivity index (χ4v) is 15.9. The summed E-state index contributed by atoms with van der Waals surface area (Å²) < 4.78 is 20.7. The summed E-state index contributed by atoms with van der Waals surface area (Å²) in [5.41, 5.74) is 38.2. The topological polar surface area (TPSA) is 282 Å². The molecule has 3 amide bonds. The Morgan fingerprint density at radius 2 is 0.696 bits per heavy atom. The average Bonchev–Trinajstić information content (AvgIpc) is 0.833. The van der Waals surface area contributed by atoms with E-state index < -0.39 is 5.60 Å². The van der Waals surface area contributed by atoms with Crippen LogP contribution in [-0.4, -0.2) is 206 Å². The van der Waals surface area contributed by atoms with Gasteiger partial charge in [-0.25, -0.2) is 9.59 Å². The number of likely N-dealkylation sites (tertiary alicyclic amines) is 5. The van der Waals surface area contributed by atoms with Gasteiger partial charge in [0.1, 0.15) is 5.60 Å². The van der Waals surface area contributed by atoms with Crippen molar-refractivity contribution in [2.45, 2.75) is 187 Å². The Hall–Kier alpha value is -6.83. The van der Waals surface area contributed by atoms with E-state index in [-0.39, 0.29) is 88.4 Å². The number of ether oxygens (including phenoxy) is 4. The summed E-state index contributed by atoms with van der Waals surface area (Å²) in [6.45, 7) is 20.6. The Morgan fingerprint density at radius 1 is 0.393 bits per heavy atom. The lowest BCUT2D eigenvalue weighted by atomic mass is 9.74. The molecule has 0 saturated carbocycles. The molecule has 622 valence electrons. The lowest BCUT2D eigenvalue weighted by Gasteiger charge is -2.44. The van der Waals surface area contributed by atoms with Crippen LogP contribution in [-0.2, 0) is 70.2 Å². The highest BCUT2D eigenvalue weighted by molar-refractivity contribution is 5.89. The summed E-state index contributed by atoms with van der Waals surface area (Å²) in [6, 6.07) is 50.0. The molecule has 5 heterocycles. The Bertz CT molecular complexity index is 3490. The Balaban J connectivity index is 0.000000251. The van der Waals surface area contributed by atoms with Crippen LogP contribution in [0.1, 0.15) is 188 Å². The number of carbonyl (C=O) groups excluding carboxylic acids is 6. The number of hydrogen-bond acceptors (Lipinski definition) is 16. The Labute approximate surface area is 689 Å². The van der Waals surface area contributed by atoms with Gasteiger partial charge in [-0.1, -0.05) is 140 Å². The number of carbonyl (C=O) groups is 6. The SMILES string of the molecule is CCCC(=O)N1CCC(CN)(CCc2ccccc2)CC1.COC(=O)CCC(=O)N1CCC(CN)(CCc2ccccc2)CC1.COC(=O)CN1CCC(CN)(CCc2ccccc2)CC1.COC(=O)c1ccc(CCC2(CN)CCN(C(=O)OC(C)(C)C)CC2)cc1.C[N+]1(C)CCC(CN)(CCc2ccccc2)CC1.[I-]. The van der Waals surface area contributed by atoms with Gasteiger partial charge in [-0.2, -0.15) is 0 Å². The summed E-state index contributed by atoms with van der Waals surface area (Å²) in [7, 11) is 8.83. The first kappa shape index (κ1) is 95.8. The normalized spacial score (nSPS) is 17.9. The van der Waals surface area contributed by atoms with Crippen LogP contribution in [0.15, 0.2) is 146 Å². The lowest BCUT2D eigenvalue weighted by molar-refractivity contribution is -0.897. The summed E-state index contributed by atoms with van der Waals surface area (Å²) in [5.74, 6) is -0.464. The average molecular weight is 1660 g/mol. The third-order valence-corrected chi connectivity index (χ3v) is 24.7. The molecule has 20 nitrogen and oxygen atoms in total. The number of methoxy groups -OCH3 is 3. The van der Waals surface area contributed by atoms with Crippen LogP contribution >= 0.6 is 0 Å². The Morgan fingerprint density at radius 3 is 1.00 bits per heavy atom. The molecule has 5 aromatic rings. The summed E-state index contributed by atoms with van der Waals surface area (Å²) in [6.07, 6.45) is 22.9. The molecule has 0 spiro atoms. The smallest absolute Gasteiger partial charge is 0.410 e. The molecule has 5 fully saturated rings. The van der Waals surface area contributed by atoms with Gasteiger partial charge in [0.2, 0.25) is 11.8 Å². The maximum absolute atomic E-state index is 12.2. The van der Waals surface area contributed by atoms with E-state index in [0.717, 1.165) is 173 Å². The van der Waals surface area contributed by atoms with Gasteiger partial charge in [0.05, 0.1) is 67.0 Å². The largest absolute Gasteiger partial charge is 1.00 e. The zero-order chi connectivity index (χ0) is 80.8. The van der Waals surface area contributed by atoms with E-state index in [9.17, 15) is 28.8 Å². The van der Waals surface area contributed by atoms with Gasteiger partial charge in [-0.15, -0.1) is 0 Å². The third kappa shape index (κ3) is 32.8. The highest BCUT2D eigenvalue weighted by atomic mass is 127. The van der Waals surface area contributed by atoms with E-state index in [1.807, 2.05) is 54.8 Å². The van der Waals surface area contributed by atoms with Crippen LogP contribution in [0.2, 0.25) is 0 Å². The van der Waals surface area contributed by atoms with E-state index in [2.05, 4.69) is 140 Å². The molecule has 0 bridgehead atoms. The molecule has 0 radical (unpaired) electrons. The fourth-order valence-electron chi connectivity index (χ4n) is 15.9. The molecular formula is C91H141IN10O10. The second kappa shape index (κ2) is 48.5. The molecule has 5 aliphatic rings. The van der Waals surface area contributed by atoms with Crippen LogP contribution in [0, 0.1) is 27.1 Å². The maximum atomic E-state index is 12.2.